The van der Waals surface area contributed by atoms with Crippen molar-refractivity contribution in [3.8, 4) is 0 Å². The number of ketones is 1. The maximum Gasteiger partial charge on any atom is 0.218 e. The molecule has 1 aromatic carbocycles. The Kier molecular flexibility index (Phi) is 3.80. The number of furan rings is 1. The van der Waals surface area contributed by atoms with Crippen LogP contribution in [0.2, 0.25) is 5.02 Å². The van der Waals surface area contributed by atoms with Crippen LogP contribution < -0.4 is 0 Å². The van der Waals surface area contributed by atoms with E-state index in [1.807, 2.05) is 32.3 Å². The Morgan fingerprint density at radius 3 is 2.57 bits per heavy atom. The van der Waals surface area contributed by atoms with Gasteiger partial charge in [0, 0.05) is 5.39 Å². The van der Waals surface area contributed by atoms with Gasteiger partial charge in [0.05, 0.1) is 10.6 Å². The van der Waals surface area contributed by atoms with Gasteiger partial charge in [-0.2, -0.15) is 0 Å². The van der Waals surface area contributed by atoms with Crippen molar-refractivity contribution in [2.45, 2.75) is 37.6 Å². The first kappa shape index (κ1) is 14.6. The number of Topliss-reactive ketones (excluding diaryl/α,β-unsaturated/α-hetero) is 1. The van der Waals surface area contributed by atoms with Crippen LogP contribution in [0.15, 0.2) is 28.7 Å². The molecule has 0 atom stereocenters. The van der Waals surface area contributed by atoms with Crippen molar-refractivity contribution in [2.75, 3.05) is 14.1 Å². The predicted molar refractivity (Wildman–Crippen MR) is 85.1 cm³/mol. The molecule has 0 radical (unpaired) electrons. The van der Waals surface area contributed by atoms with Crippen molar-refractivity contribution < 1.29 is 9.21 Å². The number of hydrogen-bond donors (Lipinski definition) is 0. The number of halogens is 1. The van der Waals surface area contributed by atoms with E-state index in [1.165, 1.54) is 6.42 Å². The molecule has 2 aromatic rings. The Morgan fingerprint density at radius 1 is 1.24 bits per heavy atom. The Hall–Kier alpha value is -1.32. The Balaban J connectivity index is 2.04. The third-order valence-electron chi connectivity index (χ3n) is 4.68. The summed E-state index contributed by atoms with van der Waals surface area (Å²) >= 11 is 6.14. The van der Waals surface area contributed by atoms with Crippen molar-refractivity contribution in [2.24, 2.45) is 0 Å². The summed E-state index contributed by atoms with van der Waals surface area (Å²) in [5.41, 5.74) is 0.172. The molecule has 3 nitrogen and oxygen atoms in total. The number of benzene rings is 1. The molecular formula is C17H20ClNO2. The second kappa shape index (κ2) is 5.47. The van der Waals surface area contributed by atoms with Gasteiger partial charge in [-0.25, -0.2) is 0 Å². The topological polar surface area (TPSA) is 33.5 Å². The average Bonchev–Trinajstić information content (AvgIpc) is 2.92. The van der Waals surface area contributed by atoms with Crippen molar-refractivity contribution in [3.63, 3.8) is 0 Å². The lowest BCUT2D eigenvalue weighted by Gasteiger charge is -2.40. The zero-order valence-electron chi connectivity index (χ0n) is 12.5. The number of para-hydroxylation sites is 1. The van der Waals surface area contributed by atoms with Crippen molar-refractivity contribution in [3.05, 3.63) is 35.0 Å². The molecule has 0 N–H and O–H groups in total. The number of carbonyl (C=O) groups excluding carboxylic acids is 1. The minimum Gasteiger partial charge on any atom is -0.451 e. The highest BCUT2D eigenvalue weighted by Crippen LogP contribution is 2.37. The lowest BCUT2D eigenvalue weighted by atomic mass is 9.77. The number of fused-ring (bicyclic) bond motifs is 1. The van der Waals surface area contributed by atoms with Gasteiger partial charge in [-0.05, 0) is 39.1 Å². The largest absolute Gasteiger partial charge is 0.451 e. The zero-order valence-corrected chi connectivity index (χ0v) is 13.2. The van der Waals surface area contributed by atoms with Gasteiger partial charge in [0.25, 0.3) is 0 Å². The standard InChI is InChI=1S/C17H20ClNO2/c1-19(2)17(9-4-3-5-10-17)16(20)14-11-12-7-6-8-13(18)15(12)21-14/h6-8,11H,3-5,9-10H2,1-2H3. The van der Waals surface area contributed by atoms with E-state index in [1.54, 1.807) is 6.07 Å². The van der Waals surface area contributed by atoms with Crippen LogP contribution in [-0.4, -0.2) is 30.3 Å². The fraction of sp³-hybridized carbons (Fsp3) is 0.471. The molecule has 4 heteroatoms. The molecule has 0 amide bonds. The molecule has 1 fully saturated rings. The van der Waals surface area contributed by atoms with E-state index in [9.17, 15) is 4.79 Å². The third-order valence-corrected chi connectivity index (χ3v) is 4.98. The van der Waals surface area contributed by atoms with Gasteiger partial charge >= 0.3 is 0 Å². The zero-order chi connectivity index (χ0) is 15.0. The number of likely N-dealkylation sites (N-methyl/N-ethyl adjacent to an activating group) is 1. The van der Waals surface area contributed by atoms with Gasteiger partial charge in [-0.15, -0.1) is 0 Å². The number of nitrogens with zero attached hydrogens (tertiary/aromatic N) is 1. The van der Waals surface area contributed by atoms with Gasteiger partial charge in [-0.1, -0.05) is 43.0 Å². The summed E-state index contributed by atoms with van der Waals surface area (Å²) in [6, 6.07) is 7.40. The van der Waals surface area contributed by atoms with E-state index in [4.69, 9.17) is 16.0 Å². The molecule has 112 valence electrons. The lowest BCUT2D eigenvalue weighted by Crippen LogP contribution is -2.52. The van der Waals surface area contributed by atoms with Gasteiger partial charge in [-0.3, -0.25) is 9.69 Å². The predicted octanol–water partition coefficient (Wildman–Crippen LogP) is 4.53. The summed E-state index contributed by atoms with van der Waals surface area (Å²) in [5, 5.41) is 1.43. The maximum absolute atomic E-state index is 13.1. The molecule has 1 aromatic heterocycles. The molecule has 1 saturated carbocycles. The van der Waals surface area contributed by atoms with Crippen LogP contribution in [0.25, 0.3) is 11.0 Å². The first-order chi connectivity index (χ1) is 10.0. The average molecular weight is 306 g/mol. The van der Waals surface area contributed by atoms with Gasteiger partial charge in [0.1, 0.15) is 0 Å². The Labute approximate surface area is 129 Å². The van der Waals surface area contributed by atoms with Crippen LogP contribution in [0.1, 0.15) is 42.7 Å². The van der Waals surface area contributed by atoms with Crippen LogP contribution >= 0.6 is 11.6 Å². The monoisotopic (exact) mass is 305 g/mol. The van der Waals surface area contributed by atoms with Crippen LogP contribution in [0.3, 0.4) is 0 Å². The van der Waals surface area contributed by atoms with E-state index in [0.29, 0.717) is 16.4 Å². The van der Waals surface area contributed by atoms with Gasteiger partial charge in [0.2, 0.25) is 5.78 Å². The summed E-state index contributed by atoms with van der Waals surface area (Å²) in [6.07, 6.45) is 5.16. The van der Waals surface area contributed by atoms with E-state index in [2.05, 4.69) is 4.90 Å². The lowest BCUT2D eigenvalue weighted by molar-refractivity contribution is 0.0536. The van der Waals surface area contributed by atoms with E-state index >= 15 is 0 Å². The highest BCUT2D eigenvalue weighted by molar-refractivity contribution is 6.34. The number of rotatable bonds is 3. The molecule has 0 saturated heterocycles. The third kappa shape index (κ3) is 2.39. The summed E-state index contributed by atoms with van der Waals surface area (Å²) in [5.74, 6) is 0.508. The fourth-order valence-corrected chi connectivity index (χ4v) is 3.60. The van der Waals surface area contributed by atoms with Gasteiger partial charge < -0.3 is 4.42 Å². The highest BCUT2D eigenvalue weighted by atomic mass is 35.5. The number of carbonyl (C=O) groups is 1. The molecule has 21 heavy (non-hydrogen) atoms. The summed E-state index contributed by atoms with van der Waals surface area (Å²) in [4.78, 5) is 15.1. The fourth-order valence-electron chi connectivity index (χ4n) is 3.38. The maximum atomic E-state index is 13.1. The van der Waals surface area contributed by atoms with E-state index in [-0.39, 0.29) is 5.78 Å². The highest BCUT2D eigenvalue weighted by Gasteiger charge is 2.43. The van der Waals surface area contributed by atoms with E-state index in [0.717, 1.165) is 31.1 Å². The molecule has 1 aliphatic rings. The number of hydrogen-bond acceptors (Lipinski definition) is 3. The minimum atomic E-state index is -0.432. The molecule has 0 bridgehead atoms. The molecule has 1 aliphatic carbocycles. The molecule has 0 spiro atoms. The molecule has 0 unspecified atom stereocenters. The minimum absolute atomic E-state index is 0.0828. The second-order valence-electron chi connectivity index (χ2n) is 6.08. The van der Waals surface area contributed by atoms with Crippen molar-refractivity contribution in [1.29, 1.82) is 0 Å². The first-order valence-electron chi connectivity index (χ1n) is 7.45. The van der Waals surface area contributed by atoms with Crippen LogP contribution in [0, 0.1) is 0 Å². The Morgan fingerprint density at radius 2 is 1.95 bits per heavy atom. The van der Waals surface area contributed by atoms with Crippen LogP contribution in [0.4, 0.5) is 0 Å². The van der Waals surface area contributed by atoms with Crippen molar-refractivity contribution >= 4 is 28.4 Å². The summed E-state index contributed by atoms with van der Waals surface area (Å²) < 4.78 is 5.78. The molecule has 0 aliphatic heterocycles. The Bertz CT molecular complexity index is 668. The second-order valence-corrected chi connectivity index (χ2v) is 6.49. The van der Waals surface area contributed by atoms with Crippen LogP contribution in [0.5, 0.6) is 0 Å². The summed E-state index contributed by atoms with van der Waals surface area (Å²) in [6.45, 7) is 0. The van der Waals surface area contributed by atoms with Gasteiger partial charge in [0.15, 0.2) is 11.3 Å². The quantitative estimate of drug-likeness (QED) is 0.781. The first-order valence-corrected chi connectivity index (χ1v) is 7.83. The summed E-state index contributed by atoms with van der Waals surface area (Å²) in [7, 11) is 3.97. The molecule has 1 heterocycles. The SMILES string of the molecule is CN(C)C1(C(=O)c2cc3cccc(Cl)c3o2)CCCCC1. The van der Waals surface area contributed by atoms with Crippen LogP contribution in [-0.2, 0) is 0 Å². The van der Waals surface area contributed by atoms with Crippen molar-refractivity contribution in [1.82, 2.24) is 4.90 Å². The van der Waals surface area contributed by atoms with E-state index < -0.39 is 5.54 Å². The molecule has 3 rings (SSSR count). The smallest absolute Gasteiger partial charge is 0.218 e. The molecular weight excluding hydrogens is 286 g/mol. The normalized spacial score (nSPS) is 18.3.